The molecule has 2 amide bonds. The normalized spacial score (nSPS) is 15.9. The van der Waals surface area contributed by atoms with Gasteiger partial charge in [-0.15, -0.1) is 12.4 Å². The summed E-state index contributed by atoms with van der Waals surface area (Å²) >= 11 is 0. The van der Waals surface area contributed by atoms with Crippen molar-refractivity contribution in [3.63, 3.8) is 0 Å². The van der Waals surface area contributed by atoms with Gasteiger partial charge in [-0.2, -0.15) is 0 Å². The maximum atomic E-state index is 12.6. The van der Waals surface area contributed by atoms with Crippen molar-refractivity contribution >= 4 is 41.3 Å². The molecule has 2 aromatic carbocycles. The Hall–Kier alpha value is -2.73. The highest BCUT2D eigenvalue weighted by Crippen LogP contribution is 2.28. The number of aryl methyl sites for hydroxylation is 1. The first-order chi connectivity index (χ1) is 13.0. The molecule has 0 aliphatic carbocycles. The first-order valence-corrected chi connectivity index (χ1v) is 9.15. The van der Waals surface area contributed by atoms with E-state index in [-0.39, 0.29) is 30.6 Å². The molecule has 0 aromatic heterocycles. The number of halogens is 1. The van der Waals surface area contributed by atoms with Crippen molar-refractivity contribution in [2.24, 2.45) is 5.92 Å². The van der Waals surface area contributed by atoms with Gasteiger partial charge in [-0.3, -0.25) is 9.59 Å². The van der Waals surface area contributed by atoms with Crippen LogP contribution in [0.2, 0.25) is 0 Å². The zero-order valence-electron chi connectivity index (χ0n) is 16.1. The summed E-state index contributed by atoms with van der Waals surface area (Å²) in [6.07, 6.45) is 2.30. The van der Waals surface area contributed by atoms with Gasteiger partial charge in [0.1, 0.15) is 5.75 Å². The van der Waals surface area contributed by atoms with Gasteiger partial charge >= 0.3 is 0 Å². The van der Waals surface area contributed by atoms with Crippen LogP contribution < -0.4 is 20.7 Å². The molecular weight excluding hydrogens is 378 g/mol. The predicted molar refractivity (Wildman–Crippen MR) is 114 cm³/mol. The van der Waals surface area contributed by atoms with E-state index in [2.05, 4.69) is 12.2 Å². The highest BCUT2D eigenvalue weighted by atomic mass is 35.5. The molecule has 3 rings (SSSR count). The van der Waals surface area contributed by atoms with Crippen molar-refractivity contribution in [2.75, 3.05) is 29.6 Å². The van der Waals surface area contributed by atoms with Gasteiger partial charge in [0, 0.05) is 24.3 Å². The number of nitrogens with two attached hydrogens (primary N) is 1. The van der Waals surface area contributed by atoms with Gasteiger partial charge in [0.2, 0.25) is 11.8 Å². The number of nitrogens with zero attached hydrogens (tertiary/aromatic N) is 1. The highest BCUT2D eigenvalue weighted by Gasteiger charge is 2.35. The van der Waals surface area contributed by atoms with Crippen molar-refractivity contribution < 1.29 is 14.3 Å². The number of ether oxygens (including phenoxy) is 1. The SMILES string of the molecule is CCCc1ccc(N2CC(C(=O)Nc3ccc(OC)c(N)c3)CC2=O)cc1.Cl. The summed E-state index contributed by atoms with van der Waals surface area (Å²) < 4.78 is 5.12. The van der Waals surface area contributed by atoms with E-state index < -0.39 is 5.92 Å². The van der Waals surface area contributed by atoms with Crippen LogP contribution in [0.4, 0.5) is 17.1 Å². The Bertz CT molecular complexity index is 839. The minimum absolute atomic E-state index is 0. The monoisotopic (exact) mass is 403 g/mol. The summed E-state index contributed by atoms with van der Waals surface area (Å²) in [6, 6.07) is 13.1. The van der Waals surface area contributed by atoms with E-state index >= 15 is 0 Å². The topological polar surface area (TPSA) is 84.7 Å². The van der Waals surface area contributed by atoms with Gasteiger partial charge in [-0.1, -0.05) is 25.5 Å². The number of carbonyl (C=O) groups excluding carboxylic acids is 2. The zero-order valence-corrected chi connectivity index (χ0v) is 16.9. The molecular formula is C21H26ClN3O3. The van der Waals surface area contributed by atoms with Crippen molar-refractivity contribution in [1.82, 2.24) is 0 Å². The molecule has 0 spiro atoms. The number of benzene rings is 2. The van der Waals surface area contributed by atoms with Crippen LogP contribution in [0.15, 0.2) is 42.5 Å². The van der Waals surface area contributed by atoms with Gasteiger partial charge in [-0.05, 0) is 42.3 Å². The van der Waals surface area contributed by atoms with Gasteiger partial charge in [0.25, 0.3) is 0 Å². The number of hydrogen-bond acceptors (Lipinski definition) is 4. The highest BCUT2D eigenvalue weighted by molar-refractivity contribution is 6.03. The molecule has 1 unspecified atom stereocenters. The van der Waals surface area contributed by atoms with Crippen LogP contribution in [-0.4, -0.2) is 25.5 Å². The molecule has 0 bridgehead atoms. The number of methoxy groups -OCH3 is 1. The van der Waals surface area contributed by atoms with E-state index in [1.807, 2.05) is 24.3 Å². The minimum atomic E-state index is -0.392. The van der Waals surface area contributed by atoms with Crippen LogP contribution in [-0.2, 0) is 16.0 Å². The molecule has 6 nitrogen and oxygen atoms in total. The third kappa shape index (κ3) is 4.75. The summed E-state index contributed by atoms with van der Waals surface area (Å²) in [5.41, 5.74) is 9.00. The maximum Gasteiger partial charge on any atom is 0.229 e. The Morgan fingerprint density at radius 3 is 2.57 bits per heavy atom. The standard InChI is InChI=1S/C21H25N3O3.ClH/c1-3-4-14-5-8-17(9-6-14)24-13-15(11-20(24)25)21(26)23-16-7-10-19(27-2)18(22)12-16;/h5-10,12,15H,3-4,11,13,22H2,1-2H3,(H,23,26);1H. The summed E-state index contributed by atoms with van der Waals surface area (Å²) in [7, 11) is 1.54. The third-order valence-corrected chi connectivity index (χ3v) is 4.78. The lowest BCUT2D eigenvalue weighted by Gasteiger charge is -2.17. The lowest BCUT2D eigenvalue weighted by molar-refractivity contribution is -0.122. The van der Waals surface area contributed by atoms with Crippen LogP contribution in [0.3, 0.4) is 0 Å². The van der Waals surface area contributed by atoms with Crippen LogP contribution in [0.25, 0.3) is 0 Å². The fraction of sp³-hybridized carbons (Fsp3) is 0.333. The second kappa shape index (κ2) is 9.46. The molecule has 1 atom stereocenters. The van der Waals surface area contributed by atoms with E-state index in [0.29, 0.717) is 23.7 Å². The number of amides is 2. The summed E-state index contributed by atoms with van der Waals surface area (Å²) in [5.74, 6) is -0.0523. The second-order valence-corrected chi connectivity index (χ2v) is 6.77. The molecule has 3 N–H and O–H groups in total. The van der Waals surface area contributed by atoms with E-state index in [9.17, 15) is 9.59 Å². The number of nitrogens with one attached hydrogen (secondary N) is 1. The van der Waals surface area contributed by atoms with Crippen LogP contribution >= 0.6 is 12.4 Å². The quantitative estimate of drug-likeness (QED) is 0.721. The molecule has 7 heteroatoms. The molecule has 2 aromatic rings. The third-order valence-electron chi connectivity index (χ3n) is 4.78. The Kier molecular flexibility index (Phi) is 7.29. The lowest BCUT2D eigenvalue weighted by Crippen LogP contribution is -2.28. The largest absolute Gasteiger partial charge is 0.495 e. The van der Waals surface area contributed by atoms with E-state index in [0.717, 1.165) is 18.5 Å². The molecule has 1 heterocycles. The molecule has 1 aliphatic heterocycles. The number of nitrogen functional groups attached to an aromatic ring is 1. The smallest absolute Gasteiger partial charge is 0.229 e. The molecule has 1 saturated heterocycles. The minimum Gasteiger partial charge on any atom is -0.495 e. The van der Waals surface area contributed by atoms with E-state index in [4.69, 9.17) is 10.5 Å². The average Bonchev–Trinajstić information content (AvgIpc) is 3.05. The number of carbonyl (C=O) groups is 2. The predicted octanol–water partition coefficient (Wildman–Crippen LogP) is 3.64. The van der Waals surface area contributed by atoms with E-state index in [1.54, 1.807) is 23.1 Å². The molecule has 0 radical (unpaired) electrons. The molecule has 0 saturated carbocycles. The Balaban J connectivity index is 0.00000280. The Labute approximate surface area is 171 Å². The maximum absolute atomic E-state index is 12.6. The molecule has 150 valence electrons. The lowest BCUT2D eigenvalue weighted by atomic mass is 10.1. The second-order valence-electron chi connectivity index (χ2n) is 6.77. The average molecular weight is 404 g/mol. The van der Waals surface area contributed by atoms with Gasteiger partial charge < -0.3 is 20.7 Å². The summed E-state index contributed by atoms with van der Waals surface area (Å²) in [6.45, 7) is 2.51. The molecule has 1 aliphatic rings. The van der Waals surface area contributed by atoms with Crippen molar-refractivity contribution in [1.29, 1.82) is 0 Å². The molecule has 28 heavy (non-hydrogen) atoms. The fourth-order valence-electron chi connectivity index (χ4n) is 3.32. The summed E-state index contributed by atoms with van der Waals surface area (Å²) in [4.78, 5) is 26.7. The van der Waals surface area contributed by atoms with E-state index in [1.165, 1.54) is 12.7 Å². The van der Waals surface area contributed by atoms with Gasteiger partial charge in [-0.25, -0.2) is 0 Å². The van der Waals surface area contributed by atoms with Crippen LogP contribution in [0, 0.1) is 5.92 Å². The zero-order chi connectivity index (χ0) is 19.4. The molecule has 1 fully saturated rings. The number of anilines is 3. The van der Waals surface area contributed by atoms with Crippen LogP contribution in [0.1, 0.15) is 25.3 Å². The Morgan fingerprint density at radius 1 is 1.25 bits per heavy atom. The first kappa shape index (κ1) is 21.6. The van der Waals surface area contributed by atoms with Gasteiger partial charge in [0.05, 0.1) is 18.7 Å². The van der Waals surface area contributed by atoms with Crippen molar-refractivity contribution in [2.45, 2.75) is 26.2 Å². The number of hydrogen-bond donors (Lipinski definition) is 2. The summed E-state index contributed by atoms with van der Waals surface area (Å²) in [5, 5.41) is 2.84. The Morgan fingerprint density at radius 2 is 1.96 bits per heavy atom. The van der Waals surface area contributed by atoms with Crippen LogP contribution in [0.5, 0.6) is 5.75 Å². The fourth-order valence-corrected chi connectivity index (χ4v) is 3.32. The first-order valence-electron chi connectivity index (χ1n) is 9.15. The van der Waals surface area contributed by atoms with Gasteiger partial charge in [0.15, 0.2) is 0 Å². The van der Waals surface area contributed by atoms with Crippen molar-refractivity contribution in [3.05, 3.63) is 48.0 Å². The van der Waals surface area contributed by atoms with Crippen molar-refractivity contribution in [3.8, 4) is 5.75 Å². The number of rotatable bonds is 6.